The lowest BCUT2D eigenvalue weighted by Crippen LogP contribution is -2.27. The second-order valence-corrected chi connectivity index (χ2v) is 2.85. The zero-order chi connectivity index (χ0) is 6.69. The lowest BCUT2D eigenvalue weighted by Gasteiger charge is -2.17. The summed E-state index contributed by atoms with van der Waals surface area (Å²) in [5.74, 6) is 0. The predicted molar refractivity (Wildman–Crippen MR) is 46.6 cm³/mol. The Morgan fingerprint density at radius 1 is 1.60 bits per heavy atom. The number of likely N-dealkylation sites (tertiary alicyclic amines) is 1. The van der Waals surface area contributed by atoms with E-state index < -0.39 is 0 Å². The van der Waals surface area contributed by atoms with E-state index in [0.717, 1.165) is 12.6 Å². The van der Waals surface area contributed by atoms with Crippen LogP contribution in [0.2, 0.25) is 0 Å². The van der Waals surface area contributed by atoms with E-state index in [2.05, 4.69) is 11.9 Å². The van der Waals surface area contributed by atoms with Gasteiger partial charge in [0.25, 0.3) is 0 Å². The van der Waals surface area contributed by atoms with Gasteiger partial charge < -0.3 is 10.6 Å². The molecule has 1 aliphatic rings. The molecule has 3 heteroatoms. The van der Waals surface area contributed by atoms with Crippen molar-refractivity contribution < 1.29 is 0 Å². The third-order valence-electron chi connectivity index (χ3n) is 2.17. The second kappa shape index (κ2) is 4.94. The fourth-order valence-corrected chi connectivity index (χ4v) is 1.54. The van der Waals surface area contributed by atoms with E-state index in [1.54, 1.807) is 0 Å². The SMILES string of the molecule is CN1CCC[C@H]1CCN.Cl. The first-order valence-electron chi connectivity index (χ1n) is 3.75. The van der Waals surface area contributed by atoms with Crippen LogP contribution in [0.15, 0.2) is 0 Å². The quantitative estimate of drug-likeness (QED) is 0.656. The molecule has 0 aromatic heterocycles. The van der Waals surface area contributed by atoms with Gasteiger partial charge in [0.2, 0.25) is 0 Å². The van der Waals surface area contributed by atoms with Crippen molar-refractivity contribution in [3.8, 4) is 0 Å². The number of hydrogen-bond donors (Lipinski definition) is 1. The molecule has 0 aromatic rings. The molecule has 1 saturated heterocycles. The number of nitrogens with two attached hydrogens (primary N) is 1. The van der Waals surface area contributed by atoms with Crippen molar-refractivity contribution in [1.82, 2.24) is 4.90 Å². The largest absolute Gasteiger partial charge is 0.330 e. The smallest absolute Gasteiger partial charge is 0.0105 e. The maximum atomic E-state index is 5.44. The highest BCUT2D eigenvalue weighted by Crippen LogP contribution is 2.16. The molecule has 0 bridgehead atoms. The number of hydrogen-bond acceptors (Lipinski definition) is 2. The van der Waals surface area contributed by atoms with Gasteiger partial charge in [0.1, 0.15) is 0 Å². The van der Waals surface area contributed by atoms with E-state index in [1.807, 2.05) is 0 Å². The minimum absolute atomic E-state index is 0. The minimum atomic E-state index is 0. The monoisotopic (exact) mass is 164 g/mol. The van der Waals surface area contributed by atoms with E-state index in [0.29, 0.717) is 0 Å². The van der Waals surface area contributed by atoms with Crippen LogP contribution in [0.4, 0.5) is 0 Å². The number of rotatable bonds is 2. The average molecular weight is 165 g/mol. The average Bonchev–Trinajstić information content (AvgIpc) is 2.18. The molecule has 2 N–H and O–H groups in total. The molecule has 1 heterocycles. The molecule has 1 atom stereocenters. The van der Waals surface area contributed by atoms with Crippen LogP contribution in [0.25, 0.3) is 0 Å². The molecule has 0 saturated carbocycles. The molecule has 10 heavy (non-hydrogen) atoms. The lowest BCUT2D eigenvalue weighted by atomic mass is 10.1. The predicted octanol–water partition coefficient (Wildman–Crippen LogP) is 0.851. The molecular formula is C7H17ClN2. The summed E-state index contributed by atoms with van der Waals surface area (Å²) in [6.07, 6.45) is 3.89. The van der Waals surface area contributed by atoms with Gasteiger partial charge in [0.15, 0.2) is 0 Å². The summed E-state index contributed by atoms with van der Waals surface area (Å²) < 4.78 is 0. The first-order valence-corrected chi connectivity index (χ1v) is 3.75. The Hall–Kier alpha value is 0.210. The maximum Gasteiger partial charge on any atom is 0.0105 e. The molecule has 1 fully saturated rings. The Morgan fingerprint density at radius 3 is 2.70 bits per heavy atom. The normalized spacial score (nSPS) is 26.4. The van der Waals surface area contributed by atoms with Gasteiger partial charge in [-0.15, -0.1) is 12.4 Å². The van der Waals surface area contributed by atoms with Gasteiger partial charge >= 0.3 is 0 Å². The summed E-state index contributed by atoms with van der Waals surface area (Å²) in [6.45, 7) is 2.11. The van der Waals surface area contributed by atoms with Gasteiger partial charge in [0.05, 0.1) is 0 Å². The fraction of sp³-hybridized carbons (Fsp3) is 1.00. The summed E-state index contributed by atoms with van der Waals surface area (Å²) >= 11 is 0. The Bertz CT molecular complexity index is 87.7. The molecule has 62 valence electrons. The molecule has 2 nitrogen and oxygen atoms in total. The van der Waals surface area contributed by atoms with Gasteiger partial charge in [-0.25, -0.2) is 0 Å². The summed E-state index contributed by atoms with van der Waals surface area (Å²) in [5.41, 5.74) is 5.44. The van der Waals surface area contributed by atoms with Crippen LogP contribution >= 0.6 is 12.4 Å². The topological polar surface area (TPSA) is 29.3 Å². The Morgan fingerprint density at radius 2 is 2.30 bits per heavy atom. The fourth-order valence-electron chi connectivity index (χ4n) is 1.54. The molecule has 0 spiro atoms. The Balaban J connectivity index is 0.000000810. The van der Waals surface area contributed by atoms with Crippen LogP contribution in [0, 0.1) is 0 Å². The molecule has 0 aliphatic carbocycles. The van der Waals surface area contributed by atoms with Crippen molar-refractivity contribution in [2.75, 3.05) is 20.1 Å². The van der Waals surface area contributed by atoms with E-state index >= 15 is 0 Å². The lowest BCUT2D eigenvalue weighted by molar-refractivity contribution is 0.299. The van der Waals surface area contributed by atoms with Crippen LogP contribution in [0.1, 0.15) is 19.3 Å². The van der Waals surface area contributed by atoms with Crippen molar-refractivity contribution in [1.29, 1.82) is 0 Å². The molecule has 0 amide bonds. The highest BCUT2D eigenvalue weighted by atomic mass is 35.5. The van der Waals surface area contributed by atoms with Gasteiger partial charge in [-0.2, -0.15) is 0 Å². The van der Waals surface area contributed by atoms with Crippen molar-refractivity contribution in [3.63, 3.8) is 0 Å². The van der Waals surface area contributed by atoms with Gasteiger partial charge in [0, 0.05) is 6.04 Å². The van der Waals surface area contributed by atoms with Gasteiger partial charge in [-0.1, -0.05) is 0 Å². The number of nitrogens with zero attached hydrogens (tertiary/aromatic N) is 1. The van der Waals surface area contributed by atoms with Crippen molar-refractivity contribution in [2.24, 2.45) is 5.73 Å². The highest BCUT2D eigenvalue weighted by Gasteiger charge is 2.18. The molecular weight excluding hydrogens is 148 g/mol. The zero-order valence-corrected chi connectivity index (χ0v) is 7.36. The standard InChI is InChI=1S/C7H16N2.ClH/c1-9-6-2-3-7(9)4-5-8;/h7H,2-6,8H2,1H3;1H/t7-;/m0./s1. The van der Waals surface area contributed by atoms with E-state index in [-0.39, 0.29) is 12.4 Å². The first-order chi connectivity index (χ1) is 4.34. The minimum Gasteiger partial charge on any atom is -0.330 e. The molecule has 1 aliphatic heterocycles. The number of halogens is 1. The Labute approximate surface area is 69.2 Å². The maximum absolute atomic E-state index is 5.44. The van der Waals surface area contributed by atoms with Crippen molar-refractivity contribution in [2.45, 2.75) is 25.3 Å². The third-order valence-corrected chi connectivity index (χ3v) is 2.17. The van der Waals surface area contributed by atoms with Crippen LogP contribution < -0.4 is 5.73 Å². The van der Waals surface area contributed by atoms with Crippen molar-refractivity contribution in [3.05, 3.63) is 0 Å². The van der Waals surface area contributed by atoms with Crippen LogP contribution in [0.3, 0.4) is 0 Å². The van der Waals surface area contributed by atoms with E-state index in [9.17, 15) is 0 Å². The van der Waals surface area contributed by atoms with Crippen LogP contribution in [-0.2, 0) is 0 Å². The second-order valence-electron chi connectivity index (χ2n) is 2.85. The van der Waals surface area contributed by atoms with Crippen LogP contribution in [-0.4, -0.2) is 31.1 Å². The summed E-state index contributed by atoms with van der Waals surface area (Å²) in [7, 11) is 2.19. The van der Waals surface area contributed by atoms with E-state index in [1.165, 1.54) is 25.8 Å². The molecule has 0 aromatic carbocycles. The van der Waals surface area contributed by atoms with Gasteiger partial charge in [-0.05, 0) is 39.4 Å². The first kappa shape index (κ1) is 10.2. The highest BCUT2D eigenvalue weighted by molar-refractivity contribution is 5.85. The summed E-state index contributed by atoms with van der Waals surface area (Å²) in [4.78, 5) is 2.41. The summed E-state index contributed by atoms with van der Waals surface area (Å²) in [5, 5.41) is 0. The molecule has 0 radical (unpaired) electrons. The summed E-state index contributed by atoms with van der Waals surface area (Å²) in [6, 6.07) is 0.787. The van der Waals surface area contributed by atoms with Gasteiger partial charge in [-0.3, -0.25) is 0 Å². The van der Waals surface area contributed by atoms with Crippen molar-refractivity contribution >= 4 is 12.4 Å². The third kappa shape index (κ3) is 2.45. The van der Waals surface area contributed by atoms with Crippen LogP contribution in [0.5, 0.6) is 0 Å². The van der Waals surface area contributed by atoms with E-state index in [4.69, 9.17) is 5.73 Å². The molecule has 0 unspecified atom stereocenters. The Kier molecular flexibility index (Phi) is 5.04. The zero-order valence-electron chi connectivity index (χ0n) is 6.55. The molecule has 1 rings (SSSR count).